The van der Waals surface area contributed by atoms with Crippen LogP contribution in [0.2, 0.25) is 0 Å². The smallest absolute Gasteiger partial charge is 0.264 e. The average molecular weight is 354 g/mol. The Bertz CT molecular complexity index is 575. The fourth-order valence-corrected chi connectivity index (χ4v) is 2.80. The van der Waals surface area contributed by atoms with Gasteiger partial charge in [0, 0.05) is 12.2 Å². The first-order valence-electron chi connectivity index (χ1n) is 4.83. The van der Waals surface area contributed by atoms with Crippen molar-refractivity contribution in [2.45, 2.75) is 24.5 Å². The Labute approximate surface area is 107 Å². The second-order valence-corrected chi connectivity index (χ2v) is 7.28. The van der Waals surface area contributed by atoms with E-state index in [4.69, 9.17) is 0 Å². The number of nitrogens with one attached hydrogen (secondary N) is 1. The maximum absolute atomic E-state index is 11.6. The summed E-state index contributed by atoms with van der Waals surface area (Å²) in [6.45, 7) is 0. The highest BCUT2D eigenvalue weighted by Crippen LogP contribution is 2.40. The van der Waals surface area contributed by atoms with Gasteiger partial charge in [-0.05, 0) is 35.4 Å². The molecule has 1 aromatic rings. The first-order chi connectivity index (χ1) is 7.37. The van der Waals surface area contributed by atoms with Gasteiger partial charge in [-0.25, -0.2) is 13.4 Å². The molecule has 0 amide bonds. The largest absolute Gasteiger partial charge is 0.309 e. The van der Waals surface area contributed by atoms with E-state index in [1.807, 2.05) is 22.6 Å². The highest BCUT2D eigenvalue weighted by atomic mass is 127. The molecule has 0 radical (unpaired) electrons. The van der Waals surface area contributed by atoms with Gasteiger partial charge in [-0.15, -0.1) is 0 Å². The Morgan fingerprint density at radius 2 is 2.12 bits per heavy atom. The Hall–Kier alpha value is -0.440. The normalized spacial score (nSPS) is 16.4. The molecule has 5 nitrogen and oxygen atoms in total. The number of H-pyrrole nitrogens is 1. The van der Waals surface area contributed by atoms with E-state index in [0.717, 1.165) is 24.8 Å². The molecular formula is C9H11IN2O3S. The molecule has 1 saturated carbocycles. The number of aromatic amines is 1. The third-order valence-electron chi connectivity index (χ3n) is 2.30. The van der Waals surface area contributed by atoms with Crippen LogP contribution in [-0.2, 0) is 15.6 Å². The number of hydrogen-bond donors (Lipinski definition) is 1. The molecule has 1 aliphatic rings. The molecule has 1 aliphatic carbocycles. The average Bonchev–Trinajstić information content (AvgIpc) is 2.91. The van der Waals surface area contributed by atoms with Crippen molar-refractivity contribution in [3.8, 4) is 0 Å². The summed E-state index contributed by atoms with van der Waals surface area (Å²) in [6.07, 6.45) is 3.19. The molecule has 88 valence electrons. The lowest BCUT2D eigenvalue weighted by molar-refractivity contribution is 0.599. The fourth-order valence-electron chi connectivity index (χ4n) is 1.47. The van der Waals surface area contributed by atoms with Gasteiger partial charge in [-0.1, -0.05) is 0 Å². The van der Waals surface area contributed by atoms with E-state index >= 15 is 0 Å². The third-order valence-corrected chi connectivity index (χ3v) is 4.14. The summed E-state index contributed by atoms with van der Waals surface area (Å²) in [6, 6.07) is 0. The molecule has 7 heteroatoms. The zero-order valence-corrected chi connectivity index (χ0v) is 11.6. The van der Waals surface area contributed by atoms with Crippen molar-refractivity contribution in [1.82, 2.24) is 9.97 Å². The van der Waals surface area contributed by atoms with Crippen molar-refractivity contribution in [2.24, 2.45) is 0 Å². The van der Waals surface area contributed by atoms with Gasteiger partial charge in [0.25, 0.3) is 5.56 Å². The van der Waals surface area contributed by atoms with E-state index in [2.05, 4.69) is 9.97 Å². The molecule has 1 fully saturated rings. The number of hydrogen-bond acceptors (Lipinski definition) is 4. The molecule has 2 rings (SSSR count). The monoisotopic (exact) mass is 354 g/mol. The van der Waals surface area contributed by atoms with Crippen LogP contribution < -0.4 is 5.56 Å². The summed E-state index contributed by atoms with van der Waals surface area (Å²) in [7, 11) is -3.16. The van der Waals surface area contributed by atoms with E-state index < -0.39 is 9.84 Å². The van der Waals surface area contributed by atoms with E-state index in [1.165, 1.54) is 0 Å². The SMILES string of the molecule is CS(=O)(=O)Cc1nc(C2CC2)c(I)c(=O)[nH]1. The Balaban J connectivity index is 2.44. The van der Waals surface area contributed by atoms with Crippen molar-refractivity contribution in [2.75, 3.05) is 6.26 Å². The van der Waals surface area contributed by atoms with Crippen LogP contribution in [0, 0.1) is 3.57 Å². The molecule has 1 aromatic heterocycles. The van der Waals surface area contributed by atoms with E-state index in [0.29, 0.717) is 9.49 Å². The topological polar surface area (TPSA) is 79.9 Å². The molecule has 1 heterocycles. The molecule has 0 saturated heterocycles. The summed E-state index contributed by atoms with van der Waals surface area (Å²) < 4.78 is 22.8. The van der Waals surface area contributed by atoms with Gasteiger partial charge in [0.15, 0.2) is 9.84 Å². The van der Waals surface area contributed by atoms with Crippen LogP contribution in [0.1, 0.15) is 30.3 Å². The minimum Gasteiger partial charge on any atom is -0.309 e. The van der Waals surface area contributed by atoms with Crippen molar-refractivity contribution in [3.05, 3.63) is 25.4 Å². The lowest BCUT2D eigenvalue weighted by Crippen LogP contribution is -2.19. The number of nitrogens with zero attached hydrogens (tertiary/aromatic N) is 1. The van der Waals surface area contributed by atoms with Crippen LogP contribution in [0.15, 0.2) is 4.79 Å². The maximum atomic E-state index is 11.6. The second kappa shape index (κ2) is 4.10. The number of halogens is 1. The van der Waals surface area contributed by atoms with Gasteiger partial charge in [-0.3, -0.25) is 4.79 Å². The van der Waals surface area contributed by atoms with Crippen molar-refractivity contribution >= 4 is 32.4 Å². The number of sulfone groups is 1. The van der Waals surface area contributed by atoms with E-state index in [9.17, 15) is 13.2 Å². The molecule has 0 aromatic carbocycles. The van der Waals surface area contributed by atoms with Crippen LogP contribution in [0.4, 0.5) is 0 Å². The highest BCUT2D eigenvalue weighted by molar-refractivity contribution is 14.1. The van der Waals surface area contributed by atoms with Crippen molar-refractivity contribution in [3.63, 3.8) is 0 Å². The lowest BCUT2D eigenvalue weighted by Gasteiger charge is -2.04. The summed E-state index contributed by atoms with van der Waals surface area (Å²) in [4.78, 5) is 18.3. The molecular weight excluding hydrogens is 343 g/mol. The quantitative estimate of drug-likeness (QED) is 0.815. The van der Waals surface area contributed by atoms with Gasteiger partial charge in [0.1, 0.15) is 11.6 Å². The summed E-state index contributed by atoms with van der Waals surface area (Å²) in [5.41, 5.74) is 0.513. The van der Waals surface area contributed by atoms with Gasteiger partial charge in [-0.2, -0.15) is 0 Å². The molecule has 1 N–H and O–H groups in total. The van der Waals surface area contributed by atoms with Gasteiger partial charge >= 0.3 is 0 Å². The standard InChI is InChI=1S/C9H11IN2O3S/c1-16(14,15)4-6-11-8(5-2-3-5)7(10)9(13)12-6/h5H,2-4H2,1H3,(H,11,12,13). The van der Waals surface area contributed by atoms with E-state index in [-0.39, 0.29) is 17.1 Å². The molecule has 0 unspecified atom stereocenters. The number of rotatable bonds is 3. The fraction of sp³-hybridized carbons (Fsp3) is 0.556. The summed E-state index contributed by atoms with van der Waals surface area (Å²) >= 11 is 1.96. The third kappa shape index (κ3) is 2.82. The number of aromatic nitrogens is 2. The Kier molecular flexibility index (Phi) is 3.08. The zero-order valence-electron chi connectivity index (χ0n) is 8.66. The Morgan fingerprint density at radius 3 is 2.62 bits per heavy atom. The van der Waals surface area contributed by atoms with Gasteiger partial charge < -0.3 is 4.98 Å². The maximum Gasteiger partial charge on any atom is 0.264 e. The first-order valence-corrected chi connectivity index (χ1v) is 7.97. The van der Waals surface area contributed by atoms with Gasteiger partial charge in [0.05, 0.1) is 9.26 Å². The molecule has 0 aliphatic heterocycles. The summed E-state index contributed by atoms with van der Waals surface area (Å²) in [5.74, 6) is 0.376. The van der Waals surface area contributed by atoms with Crippen LogP contribution in [0.5, 0.6) is 0 Å². The van der Waals surface area contributed by atoms with Crippen LogP contribution in [0.3, 0.4) is 0 Å². The first kappa shape index (κ1) is 12.0. The molecule has 0 bridgehead atoms. The minimum absolute atomic E-state index is 0.209. The van der Waals surface area contributed by atoms with Crippen LogP contribution >= 0.6 is 22.6 Å². The van der Waals surface area contributed by atoms with Crippen molar-refractivity contribution < 1.29 is 8.42 Å². The van der Waals surface area contributed by atoms with Gasteiger partial charge in [0.2, 0.25) is 0 Å². The highest BCUT2D eigenvalue weighted by Gasteiger charge is 2.29. The van der Waals surface area contributed by atoms with Crippen molar-refractivity contribution in [1.29, 1.82) is 0 Å². The predicted octanol–water partition coefficient (Wildman–Crippen LogP) is 0.796. The second-order valence-electron chi connectivity index (χ2n) is 4.06. The molecule has 16 heavy (non-hydrogen) atoms. The lowest BCUT2D eigenvalue weighted by atomic mass is 10.3. The summed E-state index contributed by atoms with van der Waals surface area (Å²) in [5, 5.41) is 0. The van der Waals surface area contributed by atoms with Crippen LogP contribution in [-0.4, -0.2) is 24.6 Å². The van der Waals surface area contributed by atoms with E-state index in [1.54, 1.807) is 0 Å². The predicted molar refractivity (Wildman–Crippen MR) is 68.1 cm³/mol. The van der Waals surface area contributed by atoms with Crippen LogP contribution in [0.25, 0.3) is 0 Å². The molecule has 0 spiro atoms. The molecule has 0 atom stereocenters. The Morgan fingerprint density at radius 1 is 1.50 bits per heavy atom. The minimum atomic E-state index is -3.16. The zero-order chi connectivity index (χ0) is 11.9.